The smallest absolute Gasteiger partial charge is 0.462 e. The zero-order valence-electron chi connectivity index (χ0n) is 29.9. The maximum atomic E-state index is 12.3. The first-order valence-corrected chi connectivity index (χ1v) is 19.8. The summed E-state index contributed by atoms with van der Waals surface area (Å²) >= 11 is 0. The number of unbranched alkanes of at least 4 members (excludes halogenated alkanes) is 10. The molecule has 0 amide bonds. The van der Waals surface area contributed by atoms with Gasteiger partial charge in [0.05, 0.1) is 6.61 Å². The molecule has 2 N–H and O–H groups in total. The number of allylic oxidation sites excluding steroid dienone is 12. The zero-order chi connectivity index (χ0) is 35.4. The summed E-state index contributed by atoms with van der Waals surface area (Å²) in [6.07, 6.45) is 43.4. The molecule has 0 saturated heterocycles. The van der Waals surface area contributed by atoms with Gasteiger partial charge >= 0.3 is 19.8 Å². The monoisotopic (exact) mass is 692 g/mol. The lowest BCUT2D eigenvalue weighted by Gasteiger charge is -2.18. The van der Waals surface area contributed by atoms with Gasteiger partial charge in [-0.15, -0.1) is 0 Å². The minimum Gasteiger partial charge on any atom is -0.462 e. The Morgan fingerprint density at radius 2 is 1.00 bits per heavy atom. The molecule has 0 aliphatic carbocycles. The van der Waals surface area contributed by atoms with Crippen LogP contribution >= 0.6 is 7.82 Å². The minimum absolute atomic E-state index is 0.190. The molecule has 48 heavy (non-hydrogen) atoms. The first kappa shape index (κ1) is 45.5. The summed E-state index contributed by atoms with van der Waals surface area (Å²) in [4.78, 5) is 42.6. The number of ether oxygens (including phenoxy) is 2. The molecule has 0 aliphatic heterocycles. The summed E-state index contributed by atoms with van der Waals surface area (Å²) in [6, 6.07) is 0. The van der Waals surface area contributed by atoms with Crippen molar-refractivity contribution in [2.75, 3.05) is 13.2 Å². The van der Waals surface area contributed by atoms with Crippen molar-refractivity contribution in [3.05, 3.63) is 72.9 Å². The lowest BCUT2D eigenvalue weighted by molar-refractivity contribution is -0.161. The molecule has 274 valence electrons. The molecule has 0 aromatic carbocycles. The fraction of sp³-hybridized carbons (Fsp3) is 0.641. The SMILES string of the molecule is CC/C=C/C/C=C/C/C=C/C/C=C/C/C=C/CCCCCC(=O)OC[C@H](COP(=O)(O)O)OC(=O)CCCCCCC/C=C/CCCC. The Bertz CT molecular complexity index is 1010. The number of phosphoric acid groups is 1. The van der Waals surface area contributed by atoms with Crippen molar-refractivity contribution >= 4 is 19.8 Å². The molecular formula is C39H65O8P. The highest BCUT2D eigenvalue weighted by Crippen LogP contribution is 2.35. The maximum absolute atomic E-state index is 12.3. The number of carbonyl (C=O) groups is 2. The topological polar surface area (TPSA) is 119 Å². The van der Waals surface area contributed by atoms with E-state index in [2.05, 4.69) is 91.3 Å². The van der Waals surface area contributed by atoms with Crippen LogP contribution < -0.4 is 0 Å². The minimum atomic E-state index is -4.76. The normalized spacial score (nSPS) is 13.3. The van der Waals surface area contributed by atoms with E-state index in [1.54, 1.807) is 0 Å². The number of carbonyl (C=O) groups excluding carboxylic acids is 2. The van der Waals surface area contributed by atoms with Crippen LogP contribution in [0, 0.1) is 0 Å². The molecule has 0 heterocycles. The summed E-state index contributed by atoms with van der Waals surface area (Å²) < 4.78 is 26.2. The second-order valence-corrected chi connectivity index (χ2v) is 13.0. The van der Waals surface area contributed by atoms with E-state index in [0.29, 0.717) is 12.8 Å². The molecule has 0 bridgehead atoms. The van der Waals surface area contributed by atoms with E-state index in [1.165, 1.54) is 12.8 Å². The highest BCUT2D eigenvalue weighted by Gasteiger charge is 2.22. The van der Waals surface area contributed by atoms with Crippen LogP contribution in [0.2, 0.25) is 0 Å². The molecule has 9 heteroatoms. The Hall–Kier alpha value is -2.51. The lowest BCUT2D eigenvalue weighted by atomic mass is 10.1. The lowest BCUT2D eigenvalue weighted by Crippen LogP contribution is -2.29. The van der Waals surface area contributed by atoms with E-state index in [4.69, 9.17) is 19.3 Å². The van der Waals surface area contributed by atoms with Gasteiger partial charge in [-0.1, -0.05) is 125 Å². The predicted octanol–water partition coefficient (Wildman–Crippen LogP) is 10.7. The van der Waals surface area contributed by atoms with E-state index in [-0.39, 0.29) is 19.4 Å². The molecule has 0 fully saturated rings. The van der Waals surface area contributed by atoms with Crippen LogP contribution in [-0.2, 0) is 28.2 Å². The van der Waals surface area contributed by atoms with E-state index < -0.39 is 32.5 Å². The highest BCUT2D eigenvalue weighted by atomic mass is 31.2. The Morgan fingerprint density at radius 1 is 0.562 bits per heavy atom. The van der Waals surface area contributed by atoms with Crippen molar-refractivity contribution in [2.45, 2.75) is 148 Å². The largest absolute Gasteiger partial charge is 0.469 e. The van der Waals surface area contributed by atoms with E-state index >= 15 is 0 Å². The van der Waals surface area contributed by atoms with Crippen LogP contribution in [0.5, 0.6) is 0 Å². The zero-order valence-corrected chi connectivity index (χ0v) is 30.7. The summed E-state index contributed by atoms with van der Waals surface area (Å²) in [6.45, 7) is 3.46. The Balaban J connectivity index is 4.06. The predicted molar refractivity (Wildman–Crippen MR) is 197 cm³/mol. The third-order valence-corrected chi connectivity index (χ3v) is 7.69. The van der Waals surface area contributed by atoms with Crippen LogP contribution in [0.15, 0.2) is 72.9 Å². The van der Waals surface area contributed by atoms with E-state index in [9.17, 15) is 14.2 Å². The molecule has 1 atom stereocenters. The van der Waals surface area contributed by atoms with Crippen LogP contribution in [-0.4, -0.2) is 41.0 Å². The number of hydrogen-bond donors (Lipinski definition) is 2. The maximum Gasteiger partial charge on any atom is 0.469 e. The first-order chi connectivity index (χ1) is 23.3. The number of esters is 2. The van der Waals surface area contributed by atoms with Gasteiger partial charge in [-0.2, -0.15) is 0 Å². The van der Waals surface area contributed by atoms with Crippen LogP contribution in [0.4, 0.5) is 0 Å². The summed E-state index contributed by atoms with van der Waals surface area (Å²) in [7, 11) is -4.76. The summed E-state index contributed by atoms with van der Waals surface area (Å²) in [5.41, 5.74) is 0. The fourth-order valence-electron chi connectivity index (χ4n) is 4.50. The van der Waals surface area contributed by atoms with Crippen LogP contribution in [0.1, 0.15) is 142 Å². The van der Waals surface area contributed by atoms with Crippen molar-refractivity contribution in [3.8, 4) is 0 Å². The highest BCUT2D eigenvalue weighted by molar-refractivity contribution is 7.46. The van der Waals surface area contributed by atoms with Gasteiger partial charge in [0.1, 0.15) is 6.61 Å². The van der Waals surface area contributed by atoms with Crippen LogP contribution in [0.3, 0.4) is 0 Å². The molecular weight excluding hydrogens is 627 g/mol. The molecule has 0 saturated carbocycles. The standard InChI is InChI=1S/C39H65O8P/c1-3-5-7-9-11-13-15-16-17-18-19-20-21-22-24-25-27-29-31-33-38(40)45-35-37(36-46-48(42,43)44)47-39(41)34-32-30-28-26-23-14-12-10-8-6-4-2/h5,7,10-13,16-17,19-20,22,24,37H,3-4,6,8-9,14-15,18,21,23,25-36H2,1-2H3,(H2,42,43,44)/b7-5+,12-10+,13-11+,17-16+,20-19+,24-22+/t37-/m1/s1. The van der Waals surface area contributed by atoms with E-state index in [1.807, 2.05) is 0 Å². The van der Waals surface area contributed by atoms with Crippen molar-refractivity contribution in [1.82, 2.24) is 0 Å². The molecule has 0 unspecified atom stereocenters. The van der Waals surface area contributed by atoms with Gasteiger partial charge in [0.25, 0.3) is 0 Å². The van der Waals surface area contributed by atoms with E-state index in [0.717, 1.165) is 89.9 Å². The van der Waals surface area contributed by atoms with Crippen molar-refractivity contribution in [2.24, 2.45) is 0 Å². The van der Waals surface area contributed by atoms with Gasteiger partial charge in [-0.3, -0.25) is 14.1 Å². The Kier molecular flexibility index (Phi) is 32.6. The fourth-order valence-corrected chi connectivity index (χ4v) is 4.86. The second kappa shape index (κ2) is 34.4. The second-order valence-electron chi connectivity index (χ2n) is 11.8. The molecule has 0 spiro atoms. The van der Waals surface area contributed by atoms with Gasteiger partial charge < -0.3 is 19.3 Å². The summed E-state index contributed by atoms with van der Waals surface area (Å²) in [5, 5.41) is 0. The summed E-state index contributed by atoms with van der Waals surface area (Å²) in [5.74, 6) is -0.943. The average Bonchev–Trinajstić information content (AvgIpc) is 3.05. The third kappa shape index (κ3) is 36.3. The molecule has 0 radical (unpaired) electrons. The number of phosphoric ester groups is 1. The molecule has 8 nitrogen and oxygen atoms in total. The van der Waals surface area contributed by atoms with Gasteiger partial charge in [-0.25, -0.2) is 4.57 Å². The van der Waals surface area contributed by atoms with Gasteiger partial charge in [0.15, 0.2) is 6.10 Å². The Labute approximate surface area is 291 Å². The van der Waals surface area contributed by atoms with Gasteiger partial charge in [-0.05, 0) is 77.0 Å². The van der Waals surface area contributed by atoms with Gasteiger partial charge in [0.2, 0.25) is 0 Å². The molecule has 0 aromatic heterocycles. The quantitative estimate of drug-likeness (QED) is 0.0309. The number of rotatable bonds is 32. The van der Waals surface area contributed by atoms with Crippen LogP contribution in [0.25, 0.3) is 0 Å². The van der Waals surface area contributed by atoms with Gasteiger partial charge in [0, 0.05) is 12.8 Å². The third-order valence-electron chi connectivity index (χ3n) is 7.21. The van der Waals surface area contributed by atoms with Crippen molar-refractivity contribution in [1.29, 1.82) is 0 Å². The van der Waals surface area contributed by atoms with Crippen molar-refractivity contribution in [3.63, 3.8) is 0 Å². The average molecular weight is 693 g/mol. The molecule has 0 aliphatic rings. The molecule has 0 aromatic rings. The number of hydrogen-bond acceptors (Lipinski definition) is 6. The Morgan fingerprint density at radius 3 is 1.54 bits per heavy atom. The molecule has 0 rings (SSSR count). The van der Waals surface area contributed by atoms with Crippen molar-refractivity contribution < 1.29 is 37.9 Å². The first-order valence-electron chi connectivity index (χ1n) is 18.2.